The van der Waals surface area contributed by atoms with Gasteiger partial charge in [-0.1, -0.05) is 0 Å². The summed E-state index contributed by atoms with van der Waals surface area (Å²) in [6.07, 6.45) is 44.0. The smallest absolute Gasteiger partial charge is 0.317 e. The highest BCUT2D eigenvalue weighted by Gasteiger charge is 2.57. The third-order valence-corrected chi connectivity index (χ3v) is 42.1. The van der Waals surface area contributed by atoms with E-state index in [1.54, 1.807) is 0 Å². The molecule has 6 aromatic heterocycles. The van der Waals surface area contributed by atoms with Gasteiger partial charge in [-0.2, -0.15) is 0 Å². The predicted molar refractivity (Wildman–Crippen MR) is 286 cm³/mol. The van der Waals surface area contributed by atoms with Crippen LogP contribution in [0, 0.1) is 0 Å². The van der Waals surface area contributed by atoms with Crippen LogP contribution in [0.4, 0.5) is 0 Å². The highest BCUT2D eigenvalue weighted by atomic mass is 28.5. The van der Waals surface area contributed by atoms with Crippen molar-refractivity contribution in [2.24, 2.45) is 42.3 Å². The largest absolute Gasteiger partial charge is 0.416 e. The van der Waals surface area contributed by atoms with Crippen LogP contribution in [-0.4, -0.2) is 78.8 Å². The lowest BCUT2D eigenvalue weighted by molar-refractivity contribution is -0.671. The highest BCUT2D eigenvalue weighted by Crippen LogP contribution is 2.40. The molecule has 0 atom stereocenters. The fourth-order valence-corrected chi connectivity index (χ4v) is 45.7. The summed E-state index contributed by atoms with van der Waals surface area (Å²) in [5, 5.41) is 0. The first-order valence-corrected chi connectivity index (χ1v) is 41.5. The summed E-state index contributed by atoms with van der Waals surface area (Å²) in [4.78, 5) is 0. The van der Waals surface area contributed by atoms with Crippen LogP contribution in [0.5, 0.6) is 0 Å². The van der Waals surface area contributed by atoms with Gasteiger partial charge in [-0.15, -0.1) is 0 Å². The third kappa shape index (κ3) is 17.2. The summed E-state index contributed by atoms with van der Waals surface area (Å²) in [6, 6.07) is 4.86. The van der Waals surface area contributed by atoms with Gasteiger partial charge in [0.05, 0.1) is 81.6 Å². The van der Waals surface area contributed by atoms with Crippen molar-refractivity contribution in [2.45, 2.75) is 153 Å². The van der Waals surface area contributed by atoms with Gasteiger partial charge >= 0.3 is 51.4 Å². The van der Waals surface area contributed by atoms with Crippen LogP contribution in [0.15, 0.2) is 112 Å². The van der Waals surface area contributed by atoms with Gasteiger partial charge < -0.3 is 24.7 Å². The number of imidazole rings is 6. The van der Waals surface area contributed by atoms with Crippen LogP contribution in [0.1, 0.15) is 38.5 Å². The lowest BCUT2D eigenvalue weighted by atomic mass is 10.5. The van der Waals surface area contributed by atoms with E-state index in [0.29, 0.717) is 0 Å². The zero-order chi connectivity index (χ0) is 51.6. The molecule has 18 nitrogen and oxygen atoms in total. The molecule has 6 aromatic rings. The summed E-state index contributed by atoms with van der Waals surface area (Å²) in [6.45, 7) is 19.2. The van der Waals surface area contributed by atoms with Crippen molar-refractivity contribution >= 4 is 51.4 Å². The molecule has 0 saturated carbocycles. The van der Waals surface area contributed by atoms with Crippen LogP contribution in [-0.2, 0) is 106 Å². The molecule has 396 valence electrons. The maximum atomic E-state index is 8.01. The van der Waals surface area contributed by atoms with E-state index in [0.717, 1.165) is 114 Å². The molecule has 24 heteroatoms. The first-order valence-electron chi connectivity index (χ1n) is 26.3. The molecule has 1 aliphatic heterocycles. The van der Waals surface area contributed by atoms with Gasteiger partial charge in [0.15, 0.2) is 0 Å². The zero-order valence-corrected chi connectivity index (χ0v) is 51.9. The molecule has 7 rings (SSSR count). The molecule has 1 fully saturated rings. The molecule has 7 heterocycles. The number of hydrogen-bond acceptors (Lipinski definition) is 6. The quantitative estimate of drug-likeness (QED) is 0.0636. The van der Waals surface area contributed by atoms with Gasteiger partial charge in [-0.05, 0) is 114 Å². The zero-order valence-electron chi connectivity index (χ0n) is 45.9. The Hall–Kier alpha value is -3.68. The fourth-order valence-electron chi connectivity index (χ4n) is 10.8. The number of aromatic nitrogens is 12. The summed E-state index contributed by atoms with van der Waals surface area (Å²) in [5.74, 6) is 0. The lowest BCUT2D eigenvalue weighted by Crippen LogP contribution is -2.67. The van der Waals surface area contributed by atoms with E-state index >= 15 is 0 Å². The summed E-state index contributed by atoms with van der Waals surface area (Å²) in [7, 11) is -6.15. The van der Waals surface area contributed by atoms with E-state index in [1.165, 1.54) is 0 Å². The van der Waals surface area contributed by atoms with Gasteiger partial charge in [-0.3, -0.25) is 0 Å². The molecule has 0 N–H and O–H groups in total. The number of rotatable bonds is 24. The molecule has 0 spiro atoms. The highest BCUT2D eigenvalue weighted by molar-refractivity contribution is 6.94. The molecule has 0 unspecified atom stereocenters. The Morgan fingerprint density at radius 3 is 0.514 bits per heavy atom. The standard InChI is InChI=1S/C48H90N12O6Si6/c1-49-25-31-55(43-49)19-13-37-67(7)61-68(8,38-14-20-56-32-26-50(2)44-56)63-70(10,40-16-22-58-34-28-52(4)46-58)65-72(12,42-18-24-60-36-30-54(6)48-60)66-71(11,41-17-23-59-35-29-53(5)47-59)64-69(9,62-67)39-15-21-57-33-27-51(3)45-57/h25-36,43-48H,13-24,37-42H2,1-12H3/q+6. The van der Waals surface area contributed by atoms with E-state index in [-0.39, 0.29) is 0 Å². The topological polar surface area (TPSA) is 108 Å². The second-order valence-electron chi connectivity index (χ2n) is 21.9. The third-order valence-electron chi connectivity index (χ3n) is 13.8. The van der Waals surface area contributed by atoms with Gasteiger partial charge in [-0.25, -0.2) is 54.8 Å². The molecule has 0 aromatic carbocycles. The van der Waals surface area contributed by atoms with Gasteiger partial charge in [0, 0.05) is 0 Å². The number of aryl methyl sites for hydroxylation is 12. The summed E-state index contributed by atoms with van der Waals surface area (Å²) >= 11 is 0. The number of hydrogen-bond donors (Lipinski definition) is 0. The van der Waals surface area contributed by atoms with E-state index in [4.69, 9.17) is 24.7 Å². The molecule has 72 heavy (non-hydrogen) atoms. The van der Waals surface area contributed by atoms with Crippen LogP contribution in [0.3, 0.4) is 0 Å². The first kappa shape index (κ1) is 56.1. The lowest BCUT2D eigenvalue weighted by Gasteiger charge is -2.50. The normalized spacial score (nSPS) is 26.5. The predicted octanol–water partition coefficient (Wildman–Crippen LogP) is 4.83. The SMILES string of the molecule is C[n+]1ccn(CCC[Si]2(C)O[Si](C)(CCCn3cc[n+](C)c3)O[Si](C)(CCCn3cc[n+](C)c3)O[Si](C)(CCCn3cc[n+](C)c3)O[Si](C)(CCCn3cc[n+](C)c3)O[Si](C)(CCCn3cc[n+](C)c3)O2)c1. The summed E-state index contributed by atoms with van der Waals surface area (Å²) < 4.78 is 74.3. The summed E-state index contributed by atoms with van der Waals surface area (Å²) in [5.41, 5.74) is 0. The molecule has 0 amide bonds. The minimum Gasteiger partial charge on any atom is -0.416 e. The minimum absolute atomic E-state index is 0.810. The van der Waals surface area contributed by atoms with Crippen molar-refractivity contribution in [3.63, 3.8) is 0 Å². The van der Waals surface area contributed by atoms with Gasteiger partial charge in [0.1, 0.15) is 74.4 Å². The second-order valence-corrected chi connectivity index (χ2v) is 43.4. The monoisotopic (exact) mass is 1100 g/mol. The van der Waals surface area contributed by atoms with Crippen molar-refractivity contribution in [2.75, 3.05) is 0 Å². The Kier molecular flexibility index (Phi) is 18.9. The molecule has 1 aliphatic rings. The molecular weight excluding hydrogens is 1010 g/mol. The van der Waals surface area contributed by atoms with Crippen LogP contribution >= 0.6 is 0 Å². The van der Waals surface area contributed by atoms with Crippen molar-refractivity contribution in [1.29, 1.82) is 0 Å². The average molecular weight is 1100 g/mol. The maximum Gasteiger partial charge on any atom is 0.317 e. The van der Waals surface area contributed by atoms with Gasteiger partial charge in [0.25, 0.3) is 0 Å². The van der Waals surface area contributed by atoms with Crippen LogP contribution in [0.25, 0.3) is 0 Å². The Labute approximate surface area is 436 Å². The molecule has 1 saturated heterocycles. The van der Waals surface area contributed by atoms with E-state index in [9.17, 15) is 0 Å². The first-order chi connectivity index (χ1) is 34.1. The fraction of sp³-hybridized carbons (Fsp3) is 0.625. The Bertz CT molecular complexity index is 2150. The number of nitrogens with zero attached hydrogens (tertiary/aromatic N) is 12. The van der Waals surface area contributed by atoms with E-state index in [1.807, 2.05) is 0 Å². The maximum absolute atomic E-state index is 8.01. The van der Waals surface area contributed by atoms with E-state index < -0.39 is 51.4 Å². The minimum atomic E-state index is -3.10. The van der Waals surface area contributed by atoms with Crippen LogP contribution in [0.2, 0.25) is 75.5 Å². The second kappa shape index (κ2) is 24.3. The van der Waals surface area contributed by atoms with Gasteiger partial charge in [0.2, 0.25) is 38.0 Å². The van der Waals surface area contributed by atoms with Crippen LogP contribution < -0.4 is 27.4 Å². The molecule has 0 bridgehead atoms. The van der Waals surface area contributed by atoms with Crippen molar-refractivity contribution in [3.05, 3.63) is 112 Å². The Morgan fingerprint density at radius 1 is 0.264 bits per heavy atom. The Morgan fingerprint density at radius 2 is 0.403 bits per heavy atom. The van der Waals surface area contributed by atoms with Crippen molar-refractivity contribution in [3.8, 4) is 0 Å². The molecule has 0 aliphatic carbocycles. The molecule has 0 radical (unpaired) electrons. The van der Waals surface area contributed by atoms with E-state index in [2.05, 4.69) is 249 Å². The average Bonchev–Trinajstić information content (AvgIpc) is 4.16. The molecular formula is C48H90N12O6Si6+6. The van der Waals surface area contributed by atoms with Crippen molar-refractivity contribution in [1.82, 2.24) is 27.4 Å². The van der Waals surface area contributed by atoms with Crippen molar-refractivity contribution < 1.29 is 52.1 Å². The Balaban J connectivity index is 1.30.